The summed E-state index contributed by atoms with van der Waals surface area (Å²) in [6.45, 7) is 3.81. The molecule has 2 amide bonds. The molecule has 0 aromatic rings. The molecule has 1 heterocycles. The van der Waals surface area contributed by atoms with E-state index in [4.69, 9.17) is 10.2 Å². The van der Waals surface area contributed by atoms with E-state index < -0.39 is 12.1 Å². The molecule has 6 heteroatoms. The molecule has 2 atom stereocenters. The van der Waals surface area contributed by atoms with Gasteiger partial charge in [0.05, 0.1) is 0 Å². The summed E-state index contributed by atoms with van der Waals surface area (Å²) >= 11 is 0. The number of amides is 2. The molecule has 2 unspecified atom stereocenters. The van der Waals surface area contributed by atoms with Gasteiger partial charge in [0, 0.05) is 26.1 Å². The van der Waals surface area contributed by atoms with Gasteiger partial charge in [0.15, 0.2) is 6.10 Å². The highest BCUT2D eigenvalue weighted by atomic mass is 16.4. The molecule has 1 rings (SSSR count). The van der Waals surface area contributed by atoms with Gasteiger partial charge in [-0.2, -0.15) is 0 Å². The van der Waals surface area contributed by atoms with Gasteiger partial charge in [-0.3, -0.25) is 0 Å². The van der Waals surface area contributed by atoms with Crippen LogP contribution in [0.5, 0.6) is 0 Å². The van der Waals surface area contributed by atoms with Crippen LogP contribution in [-0.4, -0.2) is 52.9 Å². The number of nitrogens with zero attached hydrogens (tertiary/aromatic N) is 1. The van der Waals surface area contributed by atoms with E-state index in [-0.39, 0.29) is 19.0 Å². The highest BCUT2D eigenvalue weighted by Gasteiger charge is 2.24. The Morgan fingerprint density at radius 3 is 2.76 bits per heavy atom. The second-order valence-electron chi connectivity index (χ2n) is 4.38. The van der Waals surface area contributed by atoms with Gasteiger partial charge in [0.25, 0.3) is 0 Å². The third-order valence-corrected chi connectivity index (χ3v) is 3.13. The van der Waals surface area contributed by atoms with Gasteiger partial charge >= 0.3 is 12.0 Å². The van der Waals surface area contributed by atoms with Crippen LogP contribution in [0.25, 0.3) is 0 Å². The number of carboxylic acids is 1. The Morgan fingerprint density at radius 1 is 1.53 bits per heavy atom. The van der Waals surface area contributed by atoms with Crippen LogP contribution in [0.2, 0.25) is 0 Å². The van der Waals surface area contributed by atoms with Crippen LogP contribution < -0.4 is 5.32 Å². The summed E-state index contributed by atoms with van der Waals surface area (Å²) in [5.74, 6) is -0.683. The van der Waals surface area contributed by atoms with Crippen molar-refractivity contribution in [2.24, 2.45) is 5.92 Å². The third-order valence-electron chi connectivity index (χ3n) is 3.13. The Kier molecular flexibility index (Phi) is 5.21. The van der Waals surface area contributed by atoms with Gasteiger partial charge in [0.2, 0.25) is 0 Å². The molecule has 1 fully saturated rings. The van der Waals surface area contributed by atoms with E-state index in [9.17, 15) is 9.59 Å². The van der Waals surface area contributed by atoms with Crippen molar-refractivity contribution in [2.45, 2.75) is 32.3 Å². The molecule has 0 aliphatic carbocycles. The van der Waals surface area contributed by atoms with Crippen molar-refractivity contribution >= 4 is 12.0 Å². The Labute approximate surface area is 101 Å². The van der Waals surface area contributed by atoms with E-state index in [2.05, 4.69) is 12.2 Å². The van der Waals surface area contributed by atoms with Crippen molar-refractivity contribution in [1.82, 2.24) is 10.2 Å². The second kappa shape index (κ2) is 6.44. The third kappa shape index (κ3) is 4.22. The average Bonchev–Trinajstić information content (AvgIpc) is 2.77. The standard InChI is InChI=1S/C11H20N2O4/c1-2-8-4-6-13(7-8)11(17)12-5-3-9(14)10(15)16/h8-9,14H,2-7H2,1H3,(H,12,17)(H,15,16). The highest BCUT2D eigenvalue weighted by molar-refractivity contribution is 5.75. The predicted molar refractivity (Wildman–Crippen MR) is 61.6 cm³/mol. The van der Waals surface area contributed by atoms with Crippen LogP contribution in [-0.2, 0) is 4.79 Å². The largest absolute Gasteiger partial charge is 0.479 e. The molecular formula is C11H20N2O4. The molecule has 0 saturated carbocycles. The van der Waals surface area contributed by atoms with E-state index >= 15 is 0 Å². The van der Waals surface area contributed by atoms with Crippen molar-refractivity contribution in [3.63, 3.8) is 0 Å². The summed E-state index contributed by atoms with van der Waals surface area (Å²) < 4.78 is 0. The van der Waals surface area contributed by atoms with Gasteiger partial charge in [-0.1, -0.05) is 13.3 Å². The summed E-state index contributed by atoms with van der Waals surface area (Å²) in [5, 5.41) is 20.1. The Bertz CT molecular complexity index is 283. The zero-order valence-electron chi connectivity index (χ0n) is 10.1. The average molecular weight is 244 g/mol. The minimum absolute atomic E-state index is 0.0338. The summed E-state index contributed by atoms with van der Waals surface area (Å²) in [5.41, 5.74) is 0. The smallest absolute Gasteiger partial charge is 0.332 e. The lowest BCUT2D eigenvalue weighted by atomic mass is 10.1. The molecule has 0 spiro atoms. The molecule has 1 saturated heterocycles. The Balaban J connectivity index is 2.20. The van der Waals surface area contributed by atoms with E-state index in [1.165, 1.54) is 0 Å². The number of likely N-dealkylation sites (tertiary alicyclic amines) is 1. The number of aliphatic carboxylic acids is 1. The molecule has 6 nitrogen and oxygen atoms in total. The molecule has 0 bridgehead atoms. The molecule has 0 aromatic heterocycles. The highest BCUT2D eigenvalue weighted by Crippen LogP contribution is 2.18. The van der Waals surface area contributed by atoms with Gasteiger partial charge < -0.3 is 20.4 Å². The van der Waals surface area contributed by atoms with Crippen molar-refractivity contribution < 1.29 is 19.8 Å². The van der Waals surface area contributed by atoms with E-state index in [1.807, 2.05) is 0 Å². The number of rotatable bonds is 5. The van der Waals surface area contributed by atoms with Crippen LogP contribution in [0, 0.1) is 5.92 Å². The lowest BCUT2D eigenvalue weighted by Gasteiger charge is -2.17. The van der Waals surface area contributed by atoms with Gasteiger partial charge in [0.1, 0.15) is 0 Å². The first kappa shape index (κ1) is 13.8. The Morgan fingerprint density at radius 2 is 2.24 bits per heavy atom. The van der Waals surface area contributed by atoms with Crippen molar-refractivity contribution in [2.75, 3.05) is 19.6 Å². The lowest BCUT2D eigenvalue weighted by molar-refractivity contribution is -0.146. The van der Waals surface area contributed by atoms with Crippen LogP contribution in [0.4, 0.5) is 4.79 Å². The number of aliphatic hydroxyl groups excluding tert-OH is 1. The minimum Gasteiger partial charge on any atom is -0.479 e. The van der Waals surface area contributed by atoms with Crippen LogP contribution in [0.1, 0.15) is 26.2 Å². The first-order valence-electron chi connectivity index (χ1n) is 5.98. The normalized spacial score (nSPS) is 21.3. The fourth-order valence-electron chi connectivity index (χ4n) is 1.90. The topological polar surface area (TPSA) is 89.9 Å². The monoisotopic (exact) mass is 244 g/mol. The fourth-order valence-corrected chi connectivity index (χ4v) is 1.90. The molecule has 3 N–H and O–H groups in total. The van der Waals surface area contributed by atoms with E-state index in [0.717, 1.165) is 25.9 Å². The summed E-state index contributed by atoms with van der Waals surface area (Å²) in [4.78, 5) is 23.7. The summed E-state index contributed by atoms with van der Waals surface area (Å²) in [6.07, 6.45) is 0.729. The zero-order valence-corrected chi connectivity index (χ0v) is 10.1. The summed E-state index contributed by atoms with van der Waals surface area (Å²) in [6, 6.07) is -0.168. The summed E-state index contributed by atoms with van der Waals surface area (Å²) in [7, 11) is 0. The number of urea groups is 1. The lowest BCUT2D eigenvalue weighted by Crippen LogP contribution is -2.40. The second-order valence-corrected chi connectivity index (χ2v) is 4.38. The maximum absolute atomic E-state index is 11.6. The van der Waals surface area contributed by atoms with Gasteiger partial charge in [-0.25, -0.2) is 9.59 Å². The van der Waals surface area contributed by atoms with E-state index in [1.54, 1.807) is 4.90 Å². The number of aliphatic hydroxyl groups is 1. The van der Waals surface area contributed by atoms with Crippen molar-refractivity contribution in [3.05, 3.63) is 0 Å². The fraction of sp³-hybridized carbons (Fsp3) is 0.818. The van der Waals surface area contributed by atoms with Gasteiger partial charge in [-0.05, 0) is 12.3 Å². The quantitative estimate of drug-likeness (QED) is 0.647. The number of hydrogen-bond acceptors (Lipinski definition) is 3. The number of carbonyl (C=O) groups is 2. The number of carbonyl (C=O) groups excluding carboxylic acids is 1. The number of carboxylic acid groups (broad SMARTS) is 1. The molecule has 0 aromatic carbocycles. The zero-order chi connectivity index (χ0) is 12.8. The van der Waals surface area contributed by atoms with Crippen LogP contribution >= 0.6 is 0 Å². The minimum atomic E-state index is -1.41. The molecule has 1 aliphatic rings. The molecular weight excluding hydrogens is 224 g/mol. The first-order chi connectivity index (χ1) is 8.04. The predicted octanol–water partition coefficient (Wildman–Crippen LogP) is 0.263. The number of nitrogens with one attached hydrogen (secondary N) is 1. The van der Waals surface area contributed by atoms with E-state index in [0.29, 0.717) is 5.92 Å². The van der Waals surface area contributed by atoms with Crippen LogP contribution in [0.3, 0.4) is 0 Å². The Hall–Kier alpha value is -1.30. The number of hydrogen-bond donors (Lipinski definition) is 3. The SMILES string of the molecule is CCC1CCN(C(=O)NCCC(O)C(=O)O)C1. The van der Waals surface area contributed by atoms with Crippen LogP contribution in [0.15, 0.2) is 0 Å². The molecule has 17 heavy (non-hydrogen) atoms. The van der Waals surface area contributed by atoms with Gasteiger partial charge in [-0.15, -0.1) is 0 Å². The van der Waals surface area contributed by atoms with Crippen molar-refractivity contribution in [1.29, 1.82) is 0 Å². The molecule has 98 valence electrons. The maximum Gasteiger partial charge on any atom is 0.332 e. The maximum atomic E-state index is 11.6. The molecule has 1 aliphatic heterocycles. The first-order valence-corrected chi connectivity index (χ1v) is 5.98. The molecule has 0 radical (unpaired) electrons. The van der Waals surface area contributed by atoms with Crippen molar-refractivity contribution in [3.8, 4) is 0 Å².